The maximum absolute atomic E-state index is 12.7. The molecule has 0 radical (unpaired) electrons. The van der Waals surface area contributed by atoms with E-state index in [0.29, 0.717) is 35.0 Å². The fourth-order valence-electron chi connectivity index (χ4n) is 3.00. The quantitative estimate of drug-likeness (QED) is 0.875. The Kier molecular flexibility index (Phi) is 4.69. The van der Waals surface area contributed by atoms with E-state index in [1.165, 1.54) is 0 Å². The van der Waals surface area contributed by atoms with Crippen LogP contribution in [-0.4, -0.2) is 66.3 Å². The van der Waals surface area contributed by atoms with Crippen LogP contribution in [0, 0.1) is 6.92 Å². The molecular formula is C16H23N5O2S. The molecule has 1 aliphatic rings. The molecule has 130 valence electrons. The van der Waals surface area contributed by atoms with Crippen LogP contribution in [0.1, 0.15) is 29.9 Å². The SMILES string of the molecule is Cc1nn2cccnc2c1C(=O)NCC(C)(C)N1CCS(=O)CC1. The minimum absolute atomic E-state index is 0.158. The number of aromatic nitrogens is 3. The molecular weight excluding hydrogens is 326 g/mol. The lowest BCUT2D eigenvalue weighted by atomic mass is 10.0. The Morgan fingerprint density at radius 1 is 1.38 bits per heavy atom. The van der Waals surface area contributed by atoms with Gasteiger partial charge in [-0.05, 0) is 26.8 Å². The van der Waals surface area contributed by atoms with Gasteiger partial charge in [-0.15, -0.1) is 0 Å². The largest absolute Gasteiger partial charge is 0.350 e. The summed E-state index contributed by atoms with van der Waals surface area (Å²) in [5.41, 5.74) is 1.56. The van der Waals surface area contributed by atoms with Gasteiger partial charge < -0.3 is 5.32 Å². The van der Waals surface area contributed by atoms with Crippen molar-refractivity contribution in [1.29, 1.82) is 0 Å². The van der Waals surface area contributed by atoms with Crippen LogP contribution in [0.3, 0.4) is 0 Å². The number of nitrogens with zero attached hydrogens (tertiary/aromatic N) is 4. The molecule has 7 nitrogen and oxygen atoms in total. The van der Waals surface area contributed by atoms with Crippen LogP contribution in [0.5, 0.6) is 0 Å². The number of hydrogen-bond donors (Lipinski definition) is 1. The zero-order valence-corrected chi connectivity index (χ0v) is 15.1. The first kappa shape index (κ1) is 17.0. The van der Waals surface area contributed by atoms with Crippen LogP contribution in [0.2, 0.25) is 0 Å². The maximum Gasteiger partial charge on any atom is 0.257 e. The summed E-state index contributed by atoms with van der Waals surface area (Å²) in [6.07, 6.45) is 3.44. The number of carbonyl (C=O) groups is 1. The lowest BCUT2D eigenvalue weighted by Crippen LogP contribution is -2.55. The highest BCUT2D eigenvalue weighted by Gasteiger charge is 2.30. The van der Waals surface area contributed by atoms with Crippen molar-refractivity contribution in [3.63, 3.8) is 0 Å². The Morgan fingerprint density at radius 2 is 2.08 bits per heavy atom. The standard InChI is InChI=1S/C16H23N5O2S/c1-12-13(14-17-5-4-6-21(14)19-12)15(22)18-11-16(2,3)20-7-9-24(23)10-8-20/h4-6H,7-11H2,1-3H3,(H,18,22). The van der Waals surface area contributed by atoms with Crippen molar-refractivity contribution in [3.05, 3.63) is 29.7 Å². The smallest absolute Gasteiger partial charge is 0.257 e. The van der Waals surface area contributed by atoms with E-state index < -0.39 is 10.8 Å². The predicted molar refractivity (Wildman–Crippen MR) is 93.6 cm³/mol. The number of aryl methyl sites for hydroxylation is 1. The third-order valence-corrected chi connectivity index (χ3v) is 5.79. The fourth-order valence-corrected chi connectivity index (χ4v) is 4.05. The van der Waals surface area contributed by atoms with Crippen LogP contribution in [0.25, 0.3) is 5.65 Å². The van der Waals surface area contributed by atoms with E-state index in [1.54, 1.807) is 23.0 Å². The Bertz CT molecular complexity index is 776. The molecule has 1 saturated heterocycles. The summed E-state index contributed by atoms with van der Waals surface area (Å²) < 4.78 is 13.1. The van der Waals surface area contributed by atoms with Crippen molar-refractivity contribution in [2.24, 2.45) is 0 Å². The number of fused-ring (bicyclic) bond motifs is 1. The molecule has 0 aliphatic carbocycles. The Labute approximate surface area is 143 Å². The Balaban J connectivity index is 1.70. The van der Waals surface area contributed by atoms with Gasteiger partial charge in [0.25, 0.3) is 5.91 Å². The number of carbonyl (C=O) groups excluding carboxylic acids is 1. The van der Waals surface area contributed by atoms with Gasteiger partial charge in [-0.1, -0.05) is 0 Å². The highest BCUT2D eigenvalue weighted by molar-refractivity contribution is 7.85. The van der Waals surface area contributed by atoms with Gasteiger partial charge in [0.1, 0.15) is 5.56 Å². The molecule has 1 N–H and O–H groups in total. The predicted octanol–water partition coefficient (Wildman–Crippen LogP) is 0.610. The first-order valence-electron chi connectivity index (χ1n) is 8.07. The average Bonchev–Trinajstić information content (AvgIpc) is 2.89. The van der Waals surface area contributed by atoms with Crippen LogP contribution in [0.4, 0.5) is 0 Å². The lowest BCUT2D eigenvalue weighted by Gasteiger charge is -2.40. The molecule has 0 atom stereocenters. The van der Waals surface area contributed by atoms with E-state index in [0.717, 1.165) is 13.1 Å². The zero-order chi connectivity index (χ0) is 17.3. The van der Waals surface area contributed by atoms with Crippen molar-refractivity contribution in [2.75, 3.05) is 31.1 Å². The third kappa shape index (κ3) is 3.34. The summed E-state index contributed by atoms with van der Waals surface area (Å²) >= 11 is 0. The summed E-state index contributed by atoms with van der Waals surface area (Å²) in [6, 6.07) is 1.78. The van der Waals surface area contributed by atoms with E-state index >= 15 is 0 Å². The summed E-state index contributed by atoms with van der Waals surface area (Å²) in [7, 11) is -0.700. The second-order valence-electron chi connectivity index (χ2n) is 6.68. The highest BCUT2D eigenvalue weighted by atomic mass is 32.2. The van der Waals surface area contributed by atoms with Gasteiger partial charge in [0.15, 0.2) is 5.65 Å². The number of amides is 1. The molecule has 3 heterocycles. The monoisotopic (exact) mass is 349 g/mol. The molecule has 0 aromatic carbocycles. The number of rotatable bonds is 4. The van der Waals surface area contributed by atoms with E-state index in [9.17, 15) is 9.00 Å². The van der Waals surface area contributed by atoms with Crippen LogP contribution in [-0.2, 0) is 10.8 Å². The topological polar surface area (TPSA) is 79.6 Å². The summed E-state index contributed by atoms with van der Waals surface area (Å²) in [4.78, 5) is 19.2. The second kappa shape index (κ2) is 6.60. The van der Waals surface area contributed by atoms with Gasteiger partial charge >= 0.3 is 0 Å². The van der Waals surface area contributed by atoms with Crippen molar-refractivity contribution >= 4 is 22.4 Å². The number of hydrogen-bond acceptors (Lipinski definition) is 5. The minimum Gasteiger partial charge on any atom is -0.350 e. The first-order chi connectivity index (χ1) is 11.4. The summed E-state index contributed by atoms with van der Waals surface area (Å²) in [6.45, 7) is 8.13. The van der Waals surface area contributed by atoms with E-state index in [-0.39, 0.29) is 11.4 Å². The molecule has 3 rings (SSSR count). The van der Waals surface area contributed by atoms with Gasteiger partial charge in [-0.2, -0.15) is 5.10 Å². The third-order valence-electron chi connectivity index (χ3n) is 4.51. The molecule has 2 aromatic rings. The van der Waals surface area contributed by atoms with E-state index in [4.69, 9.17) is 0 Å². The van der Waals surface area contributed by atoms with Gasteiger partial charge in [0.2, 0.25) is 0 Å². The van der Waals surface area contributed by atoms with Crippen LogP contribution in [0.15, 0.2) is 18.5 Å². The molecule has 1 fully saturated rings. The minimum atomic E-state index is -0.700. The van der Waals surface area contributed by atoms with Gasteiger partial charge in [0, 0.05) is 59.9 Å². The van der Waals surface area contributed by atoms with E-state index in [1.807, 2.05) is 6.92 Å². The van der Waals surface area contributed by atoms with Gasteiger partial charge in [0.05, 0.1) is 5.69 Å². The highest BCUT2D eigenvalue weighted by Crippen LogP contribution is 2.17. The maximum atomic E-state index is 12.7. The molecule has 1 amide bonds. The molecule has 0 spiro atoms. The molecule has 1 aliphatic heterocycles. The van der Waals surface area contributed by atoms with Crippen molar-refractivity contribution in [1.82, 2.24) is 24.8 Å². The lowest BCUT2D eigenvalue weighted by molar-refractivity contribution is 0.0884. The normalized spacial score (nSPS) is 17.3. The van der Waals surface area contributed by atoms with E-state index in [2.05, 4.69) is 34.1 Å². The summed E-state index contributed by atoms with van der Waals surface area (Å²) in [5.74, 6) is 1.25. The molecule has 0 saturated carbocycles. The molecule has 0 unspecified atom stereocenters. The molecule has 24 heavy (non-hydrogen) atoms. The van der Waals surface area contributed by atoms with Crippen molar-refractivity contribution < 1.29 is 9.00 Å². The van der Waals surface area contributed by atoms with Crippen molar-refractivity contribution in [2.45, 2.75) is 26.3 Å². The summed E-state index contributed by atoms with van der Waals surface area (Å²) in [5, 5.41) is 7.34. The van der Waals surface area contributed by atoms with Gasteiger partial charge in [-0.3, -0.25) is 13.9 Å². The Morgan fingerprint density at radius 3 is 2.79 bits per heavy atom. The fraction of sp³-hybridized carbons (Fsp3) is 0.562. The number of nitrogens with one attached hydrogen (secondary N) is 1. The average molecular weight is 349 g/mol. The first-order valence-corrected chi connectivity index (χ1v) is 9.55. The molecule has 8 heteroatoms. The van der Waals surface area contributed by atoms with Crippen LogP contribution >= 0.6 is 0 Å². The van der Waals surface area contributed by atoms with Gasteiger partial charge in [-0.25, -0.2) is 9.50 Å². The molecule has 2 aromatic heterocycles. The second-order valence-corrected chi connectivity index (χ2v) is 8.37. The van der Waals surface area contributed by atoms with Crippen LogP contribution < -0.4 is 5.32 Å². The zero-order valence-electron chi connectivity index (χ0n) is 14.3. The van der Waals surface area contributed by atoms with Crippen molar-refractivity contribution in [3.8, 4) is 0 Å². The molecule has 0 bridgehead atoms. The Hall–Kier alpha value is -1.80.